The number of hydrogen-bond acceptors (Lipinski definition) is 5. The van der Waals surface area contributed by atoms with Crippen molar-refractivity contribution in [1.82, 2.24) is 9.62 Å². The van der Waals surface area contributed by atoms with Crippen molar-refractivity contribution in [3.8, 4) is 0 Å². The molecule has 7 nitrogen and oxygen atoms in total. The predicted molar refractivity (Wildman–Crippen MR) is 91.6 cm³/mol. The van der Waals surface area contributed by atoms with Crippen LogP contribution in [0.25, 0.3) is 0 Å². The summed E-state index contributed by atoms with van der Waals surface area (Å²) in [6.45, 7) is 1.34. The monoisotopic (exact) mass is 422 g/mol. The first kappa shape index (κ1) is 21.0. The molecule has 0 radical (unpaired) electrons. The molecular weight excluding hydrogens is 401 g/mol. The van der Waals surface area contributed by atoms with Crippen LogP contribution in [0.15, 0.2) is 29.2 Å². The highest BCUT2D eigenvalue weighted by atomic mass is 32.2. The van der Waals surface area contributed by atoms with Gasteiger partial charge in [0.25, 0.3) is 0 Å². The van der Waals surface area contributed by atoms with Gasteiger partial charge in [0.15, 0.2) is 6.29 Å². The lowest BCUT2D eigenvalue weighted by atomic mass is 9.97. The summed E-state index contributed by atoms with van der Waals surface area (Å²) in [4.78, 5) is 13.4. The third-order valence-corrected chi connectivity index (χ3v) is 6.13. The predicted octanol–water partition coefficient (Wildman–Crippen LogP) is 1.60. The zero-order chi connectivity index (χ0) is 20.4. The SMILES string of the molecule is O=C(CNS(=O)(=O)c1cccc(C(F)(F)F)c1)N1CCCC(C2OCCO2)C1. The highest BCUT2D eigenvalue weighted by molar-refractivity contribution is 7.89. The second-order valence-electron chi connectivity index (χ2n) is 6.70. The van der Waals surface area contributed by atoms with E-state index >= 15 is 0 Å². The van der Waals surface area contributed by atoms with Gasteiger partial charge in [-0.15, -0.1) is 0 Å². The summed E-state index contributed by atoms with van der Waals surface area (Å²) in [5, 5.41) is 0. The van der Waals surface area contributed by atoms with Gasteiger partial charge in [-0.1, -0.05) is 6.07 Å². The fourth-order valence-corrected chi connectivity index (χ4v) is 4.32. The molecule has 1 amide bonds. The Labute approximate surface area is 160 Å². The number of likely N-dealkylation sites (tertiary alicyclic amines) is 1. The van der Waals surface area contributed by atoms with E-state index in [0.29, 0.717) is 32.4 Å². The first-order chi connectivity index (χ1) is 13.2. The number of carbonyl (C=O) groups excluding carboxylic acids is 1. The van der Waals surface area contributed by atoms with Gasteiger partial charge >= 0.3 is 6.18 Å². The number of benzene rings is 1. The molecule has 11 heteroatoms. The van der Waals surface area contributed by atoms with Crippen molar-refractivity contribution in [2.75, 3.05) is 32.8 Å². The summed E-state index contributed by atoms with van der Waals surface area (Å²) in [6.07, 6.45) is -3.45. The fraction of sp³-hybridized carbons (Fsp3) is 0.588. The topological polar surface area (TPSA) is 84.9 Å². The van der Waals surface area contributed by atoms with Crippen LogP contribution in [-0.4, -0.2) is 58.4 Å². The molecule has 0 bridgehead atoms. The van der Waals surface area contributed by atoms with Gasteiger partial charge in [0.2, 0.25) is 15.9 Å². The second-order valence-corrected chi connectivity index (χ2v) is 8.47. The molecule has 2 aliphatic rings. The van der Waals surface area contributed by atoms with Crippen LogP contribution >= 0.6 is 0 Å². The first-order valence-corrected chi connectivity index (χ1v) is 10.3. The van der Waals surface area contributed by atoms with E-state index in [9.17, 15) is 26.4 Å². The maximum absolute atomic E-state index is 12.8. The molecule has 28 heavy (non-hydrogen) atoms. The molecule has 0 aliphatic carbocycles. The second kappa shape index (κ2) is 8.36. The number of rotatable bonds is 5. The number of sulfonamides is 1. The highest BCUT2D eigenvalue weighted by Crippen LogP contribution is 2.30. The van der Waals surface area contributed by atoms with Crippen LogP contribution in [0.4, 0.5) is 13.2 Å². The van der Waals surface area contributed by atoms with Crippen molar-refractivity contribution in [3.63, 3.8) is 0 Å². The summed E-state index contributed by atoms with van der Waals surface area (Å²) in [6, 6.07) is 3.38. The Balaban J connectivity index is 1.60. The molecule has 156 valence electrons. The van der Waals surface area contributed by atoms with Crippen molar-refractivity contribution in [3.05, 3.63) is 29.8 Å². The van der Waals surface area contributed by atoms with Crippen LogP contribution in [0.5, 0.6) is 0 Å². The standard InChI is InChI=1S/C17H21F3N2O5S/c18-17(19,20)13-4-1-5-14(9-13)28(24,25)21-10-15(23)22-6-2-3-12(11-22)16-26-7-8-27-16/h1,4-5,9,12,16,21H,2-3,6-8,10-11H2. The van der Waals surface area contributed by atoms with E-state index in [-0.39, 0.29) is 12.2 Å². The number of amides is 1. The molecule has 2 aliphatic heterocycles. The fourth-order valence-electron chi connectivity index (χ4n) is 3.30. The molecule has 1 aromatic carbocycles. The highest BCUT2D eigenvalue weighted by Gasteiger charge is 2.34. The average Bonchev–Trinajstić information content (AvgIpc) is 3.20. The Kier molecular flexibility index (Phi) is 6.28. The normalized spacial score (nSPS) is 21.8. The third-order valence-electron chi connectivity index (χ3n) is 4.73. The Morgan fingerprint density at radius 1 is 1.25 bits per heavy atom. The van der Waals surface area contributed by atoms with Gasteiger partial charge in [0.1, 0.15) is 0 Å². The number of ether oxygens (including phenoxy) is 2. The molecule has 0 spiro atoms. The Bertz CT molecular complexity index is 809. The maximum atomic E-state index is 12.8. The first-order valence-electron chi connectivity index (χ1n) is 8.85. The van der Waals surface area contributed by atoms with Crippen LogP contribution in [0, 0.1) is 5.92 Å². The van der Waals surface area contributed by atoms with Crippen LogP contribution in [0.1, 0.15) is 18.4 Å². The molecule has 1 unspecified atom stereocenters. The zero-order valence-corrected chi connectivity index (χ0v) is 15.8. The van der Waals surface area contributed by atoms with E-state index in [4.69, 9.17) is 9.47 Å². The van der Waals surface area contributed by atoms with Crippen molar-refractivity contribution in [2.24, 2.45) is 5.92 Å². The minimum Gasteiger partial charge on any atom is -0.350 e. The van der Waals surface area contributed by atoms with Gasteiger partial charge < -0.3 is 14.4 Å². The summed E-state index contributed by atoms with van der Waals surface area (Å²) in [5.74, 6) is -0.432. The van der Waals surface area contributed by atoms with E-state index in [1.807, 2.05) is 0 Å². The molecule has 3 rings (SSSR count). The molecule has 1 N–H and O–H groups in total. The lowest BCUT2D eigenvalue weighted by Gasteiger charge is -2.34. The number of nitrogens with zero attached hydrogens (tertiary/aromatic N) is 1. The van der Waals surface area contributed by atoms with Crippen molar-refractivity contribution >= 4 is 15.9 Å². The Morgan fingerprint density at radius 2 is 1.96 bits per heavy atom. The van der Waals surface area contributed by atoms with E-state index in [2.05, 4.69) is 4.72 Å². The molecule has 2 saturated heterocycles. The van der Waals surface area contributed by atoms with Crippen LogP contribution in [-0.2, 0) is 30.5 Å². The number of alkyl halides is 3. The van der Waals surface area contributed by atoms with E-state index in [0.717, 1.165) is 31.0 Å². The summed E-state index contributed by atoms with van der Waals surface area (Å²) < 4.78 is 75.9. The third kappa shape index (κ3) is 5.02. The summed E-state index contributed by atoms with van der Waals surface area (Å²) >= 11 is 0. The van der Waals surface area contributed by atoms with Crippen LogP contribution < -0.4 is 4.72 Å². The summed E-state index contributed by atoms with van der Waals surface area (Å²) in [5.41, 5.74) is -1.07. The number of nitrogens with one attached hydrogen (secondary N) is 1. The van der Waals surface area contributed by atoms with Gasteiger partial charge in [0.05, 0.1) is 30.2 Å². The molecule has 1 aromatic rings. The molecule has 1 atom stereocenters. The van der Waals surface area contributed by atoms with Crippen molar-refractivity contribution in [2.45, 2.75) is 30.2 Å². The molecule has 2 heterocycles. The number of halogens is 3. The quantitative estimate of drug-likeness (QED) is 0.779. The zero-order valence-electron chi connectivity index (χ0n) is 14.9. The van der Waals surface area contributed by atoms with E-state index < -0.39 is 39.1 Å². The molecule has 0 aromatic heterocycles. The van der Waals surface area contributed by atoms with Crippen LogP contribution in [0.3, 0.4) is 0 Å². The number of carbonyl (C=O) groups is 1. The van der Waals surface area contributed by atoms with E-state index in [1.165, 1.54) is 4.90 Å². The minimum absolute atomic E-state index is 0.0141. The van der Waals surface area contributed by atoms with Gasteiger partial charge in [0, 0.05) is 19.0 Å². The summed E-state index contributed by atoms with van der Waals surface area (Å²) in [7, 11) is -4.25. The largest absolute Gasteiger partial charge is 0.416 e. The lowest BCUT2D eigenvalue weighted by molar-refractivity contribution is -0.138. The smallest absolute Gasteiger partial charge is 0.350 e. The van der Waals surface area contributed by atoms with Gasteiger partial charge in [-0.2, -0.15) is 13.2 Å². The number of piperidine rings is 1. The van der Waals surface area contributed by atoms with Crippen molar-refractivity contribution in [1.29, 1.82) is 0 Å². The van der Waals surface area contributed by atoms with Gasteiger partial charge in [-0.05, 0) is 31.0 Å². The van der Waals surface area contributed by atoms with Gasteiger partial charge in [-0.3, -0.25) is 4.79 Å². The number of hydrogen-bond donors (Lipinski definition) is 1. The van der Waals surface area contributed by atoms with Crippen LogP contribution in [0.2, 0.25) is 0 Å². The lowest BCUT2D eigenvalue weighted by Crippen LogP contribution is -2.47. The Morgan fingerprint density at radius 3 is 2.64 bits per heavy atom. The average molecular weight is 422 g/mol. The van der Waals surface area contributed by atoms with E-state index in [1.54, 1.807) is 0 Å². The molecular formula is C17H21F3N2O5S. The molecule has 2 fully saturated rings. The van der Waals surface area contributed by atoms with Gasteiger partial charge in [-0.25, -0.2) is 13.1 Å². The Hall–Kier alpha value is -1.69. The minimum atomic E-state index is -4.66. The maximum Gasteiger partial charge on any atom is 0.416 e. The van der Waals surface area contributed by atoms with Crippen molar-refractivity contribution < 1.29 is 35.9 Å². The molecule has 0 saturated carbocycles.